The number of aliphatic hydroxyl groups is 1. The van der Waals surface area contributed by atoms with Crippen LogP contribution in [0.3, 0.4) is 0 Å². The van der Waals surface area contributed by atoms with Gasteiger partial charge in [0.15, 0.2) is 0 Å². The molecule has 1 aliphatic rings. The average molecular weight is 184 g/mol. The summed E-state index contributed by atoms with van der Waals surface area (Å²) in [6.07, 6.45) is 3.14. The van der Waals surface area contributed by atoms with Crippen molar-refractivity contribution in [3.8, 4) is 0 Å². The molecule has 13 heavy (non-hydrogen) atoms. The summed E-state index contributed by atoms with van der Waals surface area (Å²) >= 11 is 0. The number of ether oxygens (including phenoxy) is 1. The Morgan fingerprint density at radius 3 is 2.38 bits per heavy atom. The normalized spacial score (nSPS) is 18.5. The van der Waals surface area contributed by atoms with E-state index in [1.54, 1.807) is 20.8 Å². The number of aliphatic hydroxyl groups excluding tert-OH is 1. The van der Waals surface area contributed by atoms with Crippen molar-refractivity contribution in [3.63, 3.8) is 0 Å². The first-order valence-electron chi connectivity index (χ1n) is 4.52. The fourth-order valence-electron chi connectivity index (χ4n) is 0.949. The lowest BCUT2D eigenvalue weighted by Crippen LogP contribution is -2.22. The molecule has 0 aromatic heterocycles. The first-order chi connectivity index (χ1) is 5.88. The minimum absolute atomic E-state index is 0.161. The molecule has 3 heteroatoms. The van der Waals surface area contributed by atoms with Crippen molar-refractivity contribution in [2.45, 2.75) is 39.2 Å². The number of allylic oxidation sites excluding steroid dienone is 1. The predicted octanol–water partition coefficient (Wildman–Crippen LogP) is 2.18. The van der Waals surface area contributed by atoms with Gasteiger partial charge in [-0.2, -0.15) is 0 Å². The van der Waals surface area contributed by atoms with Crippen molar-refractivity contribution < 1.29 is 14.6 Å². The van der Waals surface area contributed by atoms with Gasteiger partial charge in [-0.3, -0.25) is 0 Å². The van der Waals surface area contributed by atoms with Gasteiger partial charge in [-0.1, -0.05) is 0 Å². The van der Waals surface area contributed by atoms with E-state index in [1.807, 2.05) is 0 Å². The first kappa shape index (κ1) is 10.1. The summed E-state index contributed by atoms with van der Waals surface area (Å²) in [4.78, 5) is 11.1. The van der Waals surface area contributed by atoms with Crippen LogP contribution >= 0.6 is 0 Å². The summed E-state index contributed by atoms with van der Waals surface area (Å²) in [5.41, 5.74) is -0.489. The second-order valence-electron chi connectivity index (χ2n) is 4.38. The van der Waals surface area contributed by atoms with Gasteiger partial charge in [0.25, 0.3) is 0 Å². The zero-order valence-electron chi connectivity index (χ0n) is 8.33. The molecule has 3 nitrogen and oxygen atoms in total. The largest absolute Gasteiger partial charge is 0.512 e. The number of carbonyl (C=O) groups is 1. The van der Waals surface area contributed by atoms with Crippen molar-refractivity contribution in [2.75, 3.05) is 0 Å². The number of esters is 1. The molecule has 0 heterocycles. The van der Waals surface area contributed by atoms with Crippen molar-refractivity contribution in [1.29, 1.82) is 0 Å². The van der Waals surface area contributed by atoms with Crippen molar-refractivity contribution in [1.82, 2.24) is 0 Å². The summed E-state index contributed by atoms with van der Waals surface area (Å²) in [5.74, 6) is -0.0985. The summed E-state index contributed by atoms with van der Waals surface area (Å²) in [7, 11) is 0. The minimum atomic E-state index is -0.489. The van der Waals surface area contributed by atoms with Crippen LogP contribution in [0.1, 0.15) is 33.6 Å². The van der Waals surface area contributed by atoms with E-state index >= 15 is 0 Å². The molecule has 0 saturated heterocycles. The fraction of sp³-hybridized carbons (Fsp3) is 0.700. The lowest BCUT2D eigenvalue weighted by atomic mass is 10.2. The third-order valence-corrected chi connectivity index (χ3v) is 1.67. The Morgan fingerprint density at radius 2 is 2.00 bits per heavy atom. The summed E-state index contributed by atoms with van der Waals surface area (Å²) in [6, 6.07) is 0. The van der Waals surface area contributed by atoms with E-state index in [2.05, 4.69) is 0 Å². The molecule has 0 aromatic carbocycles. The molecule has 0 amide bonds. The topological polar surface area (TPSA) is 46.5 Å². The highest BCUT2D eigenvalue weighted by Crippen LogP contribution is 2.34. The molecule has 0 radical (unpaired) electrons. The standard InChI is InChI=1S/C10H16O3/c1-10(2,3)13-9(12)6-8(11)7-4-5-7/h6-7,11H,4-5H2,1-3H3. The van der Waals surface area contributed by atoms with Gasteiger partial charge < -0.3 is 9.84 Å². The van der Waals surface area contributed by atoms with Crippen LogP contribution in [-0.4, -0.2) is 16.7 Å². The van der Waals surface area contributed by atoms with E-state index < -0.39 is 11.6 Å². The van der Waals surface area contributed by atoms with Crippen LogP contribution in [0.4, 0.5) is 0 Å². The zero-order valence-corrected chi connectivity index (χ0v) is 8.33. The second-order valence-corrected chi connectivity index (χ2v) is 4.38. The SMILES string of the molecule is CC(C)(C)OC(=O)C=C(O)C1CC1. The molecule has 1 rings (SSSR count). The maximum absolute atomic E-state index is 11.1. The Morgan fingerprint density at radius 1 is 1.46 bits per heavy atom. The van der Waals surface area contributed by atoms with Gasteiger partial charge in [-0.15, -0.1) is 0 Å². The molecule has 0 unspecified atom stereocenters. The van der Waals surface area contributed by atoms with Gasteiger partial charge in [0.2, 0.25) is 0 Å². The minimum Gasteiger partial charge on any atom is -0.512 e. The Balaban J connectivity index is 2.44. The molecule has 0 atom stereocenters. The third kappa shape index (κ3) is 3.97. The molecule has 1 N–H and O–H groups in total. The van der Waals surface area contributed by atoms with E-state index in [4.69, 9.17) is 4.74 Å². The van der Waals surface area contributed by atoms with E-state index in [-0.39, 0.29) is 11.7 Å². The van der Waals surface area contributed by atoms with Crippen molar-refractivity contribution in [3.05, 3.63) is 11.8 Å². The molecule has 0 spiro atoms. The maximum Gasteiger partial charge on any atom is 0.334 e. The second kappa shape index (κ2) is 3.40. The van der Waals surface area contributed by atoms with Crippen LogP contribution in [-0.2, 0) is 9.53 Å². The van der Waals surface area contributed by atoms with Crippen LogP contribution in [0, 0.1) is 5.92 Å². The number of rotatable bonds is 2. The van der Waals surface area contributed by atoms with E-state index in [9.17, 15) is 9.90 Å². The van der Waals surface area contributed by atoms with E-state index in [0.29, 0.717) is 0 Å². The smallest absolute Gasteiger partial charge is 0.334 e. The highest BCUT2D eigenvalue weighted by molar-refractivity contribution is 5.82. The van der Waals surface area contributed by atoms with Crippen LogP contribution in [0.15, 0.2) is 11.8 Å². The van der Waals surface area contributed by atoms with Gasteiger partial charge in [0.05, 0.1) is 6.08 Å². The van der Waals surface area contributed by atoms with Crippen LogP contribution < -0.4 is 0 Å². The van der Waals surface area contributed by atoms with Crippen molar-refractivity contribution >= 4 is 5.97 Å². The van der Waals surface area contributed by atoms with Crippen molar-refractivity contribution in [2.24, 2.45) is 5.92 Å². The molecule has 1 fully saturated rings. The zero-order chi connectivity index (χ0) is 10.1. The van der Waals surface area contributed by atoms with Gasteiger partial charge in [0, 0.05) is 5.92 Å². The van der Waals surface area contributed by atoms with Crippen LogP contribution in [0.2, 0.25) is 0 Å². The van der Waals surface area contributed by atoms with Crippen LogP contribution in [0.5, 0.6) is 0 Å². The average Bonchev–Trinajstić information content (AvgIpc) is 2.60. The third-order valence-electron chi connectivity index (χ3n) is 1.67. The molecule has 0 aliphatic heterocycles. The summed E-state index contributed by atoms with van der Waals surface area (Å²) < 4.78 is 5.01. The monoisotopic (exact) mass is 184 g/mol. The fourth-order valence-corrected chi connectivity index (χ4v) is 0.949. The Bertz CT molecular complexity index is 231. The molecule has 0 bridgehead atoms. The van der Waals surface area contributed by atoms with E-state index in [1.165, 1.54) is 6.08 Å². The molecule has 74 valence electrons. The van der Waals surface area contributed by atoms with Gasteiger partial charge in [0.1, 0.15) is 11.4 Å². The first-order valence-corrected chi connectivity index (χ1v) is 4.52. The Kier molecular flexibility index (Phi) is 2.64. The number of hydrogen-bond acceptors (Lipinski definition) is 3. The Hall–Kier alpha value is -0.990. The number of hydrogen-bond donors (Lipinski definition) is 1. The van der Waals surface area contributed by atoms with Gasteiger partial charge in [-0.05, 0) is 33.6 Å². The Labute approximate surface area is 78.4 Å². The van der Waals surface area contributed by atoms with Gasteiger partial charge in [-0.25, -0.2) is 4.79 Å². The molecule has 0 aromatic rings. The van der Waals surface area contributed by atoms with E-state index in [0.717, 1.165) is 12.8 Å². The molecule has 1 saturated carbocycles. The lowest BCUT2D eigenvalue weighted by Gasteiger charge is -2.18. The predicted molar refractivity (Wildman–Crippen MR) is 49.3 cm³/mol. The van der Waals surface area contributed by atoms with Gasteiger partial charge >= 0.3 is 5.97 Å². The quantitative estimate of drug-likeness (QED) is 0.406. The maximum atomic E-state index is 11.1. The molecular formula is C10H16O3. The number of carbonyl (C=O) groups excluding carboxylic acids is 1. The molecular weight excluding hydrogens is 168 g/mol. The molecule has 1 aliphatic carbocycles. The highest BCUT2D eigenvalue weighted by atomic mass is 16.6. The highest BCUT2D eigenvalue weighted by Gasteiger charge is 2.27. The lowest BCUT2D eigenvalue weighted by molar-refractivity contribution is -0.148. The van der Waals surface area contributed by atoms with Crippen LogP contribution in [0.25, 0.3) is 0 Å². The summed E-state index contributed by atoms with van der Waals surface area (Å²) in [5, 5.41) is 9.32. The summed E-state index contributed by atoms with van der Waals surface area (Å²) in [6.45, 7) is 5.40.